The summed E-state index contributed by atoms with van der Waals surface area (Å²) in [6.07, 6.45) is 7.73. The fourth-order valence-electron chi connectivity index (χ4n) is 5.79. The molecule has 1 saturated heterocycles. The number of anilines is 1. The van der Waals surface area contributed by atoms with Crippen molar-refractivity contribution in [1.82, 2.24) is 24.3 Å². The lowest BCUT2D eigenvalue weighted by atomic mass is 9.74. The van der Waals surface area contributed by atoms with Crippen molar-refractivity contribution in [1.29, 1.82) is 0 Å². The van der Waals surface area contributed by atoms with Gasteiger partial charge in [-0.1, -0.05) is 48.5 Å². The van der Waals surface area contributed by atoms with Gasteiger partial charge < -0.3 is 10.2 Å². The Morgan fingerprint density at radius 2 is 1.78 bits per heavy atom. The standard InChI is InChI=1S/C30H30N6/c1-31-29-28-27(23-9-8-22-10-11-25(33-26(22)18-23)21-6-3-2-4-7-21)34-30(36(28)15-12-32-29)24-16-20(17-24)19-35-13-5-14-35/h2-4,6-12,15,18,20,24H,5,13-14,16-17,19H2,1H3,(H,31,32). The number of likely N-dealkylation sites (tertiary alicyclic amines) is 1. The van der Waals surface area contributed by atoms with E-state index in [9.17, 15) is 0 Å². The number of fused-ring (bicyclic) bond motifs is 2. The summed E-state index contributed by atoms with van der Waals surface area (Å²) in [5, 5.41) is 4.42. The van der Waals surface area contributed by atoms with Crippen LogP contribution in [0.1, 0.15) is 31.0 Å². The topological polar surface area (TPSA) is 58.4 Å². The molecule has 1 N–H and O–H groups in total. The van der Waals surface area contributed by atoms with Crippen LogP contribution in [0.5, 0.6) is 0 Å². The van der Waals surface area contributed by atoms with Crippen LogP contribution in [0.3, 0.4) is 0 Å². The number of hydrogen-bond acceptors (Lipinski definition) is 5. The molecule has 2 aromatic carbocycles. The maximum absolute atomic E-state index is 5.27. The second-order valence-corrected chi connectivity index (χ2v) is 10.2. The lowest BCUT2D eigenvalue weighted by Gasteiger charge is -2.41. The van der Waals surface area contributed by atoms with Crippen LogP contribution in [-0.2, 0) is 0 Å². The van der Waals surface area contributed by atoms with Crippen LogP contribution in [0, 0.1) is 5.92 Å². The number of pyridine rings is 1. The molecule has 2 fully saturated rings. The van der Waals surface area contributed by atoms with Crippen molar-refractivity contribution in [3.63, 3.8) is 0 Å². The van der Waals surface area contributed by atoms with Gasteiger partial charge in [-0.2, -0.15) is 0 Å². The molecule has 0 atom stereocenters. The summed E-state index contributed by atoms with van der Waals surface area (Å²) in [6.45, 7) is 3.80. The Bertz CT molecular complexity index is 1550. The van der Waals surface area contributed by atoms with Crippen molar-refractivity contribution in [3.8, 4) is 22.5 Å². The van der Waals surface area contributed by atoms with Crippen molar-refractivity contribution in [2.45, 2.75) is 25.2 Å². The summed E-state index contributed by atoms with van der Waals surface area (Å²) < 4.78 is 2.26. The molecule has 1 aliphatic heterocycles. The van der Waals surface area contributed by atoms with E-state index in [2.05, 4.69) is 80.4 Å². The molecule has 0 unspecified atom stereocenters. The molecule has 6 nitrogen and oxygen atoms in total. The average molecular weight is 475 g/mol. The van der Waals surface area contributed by atoms with Crippen LogP contribution in [-0.4, -0.2) is 50.9 Å². The largest absolute Gasteiger partial charge is 0.371 e. The van der Waals surface area contributed by atoms with Gasteiger partial charge in [0.25, 0.3) is 0 Å². The molecule has 0 amide bonds. The first kappa shape index (κ1) is 21.5. The Hall–Kier alpha value is -3.77. The lowest BCUT2D eigenvalue weighted by molar-refractivity contribution is 0.107. The predicted molar refractivity (Wildman–Crippen MR) is 145 cm³/mol. The van der Waals surface area contributed by atoms with Crippen LogP contribution < -0.4 is 5.32 Å². The molecule has 1 aliphatic carbocycles. The molecule has 0 bridgehead atoms. The smallest absolute Gasteiger partial charge is 0.152 e. The summed E-state index contributed by atoms with van der Waals surface area (Å²) in [5.74, 6) is 3.30. The molecule has 6 heteroatoms. The summed E-state index contributed by atoms with van der Waals surface area (Å²) in [6, 6.07) is 21.1. The minimum absolute atomic E-state index is 0.493. The first-order valence-corrected chi connectivity index (χ1v) is 13.0. The molecule has 2 aliphatic rings. The quantitative estimate of drug-likeness (QED) is 0.334. The van der Waals surface area contributed by atoms with Gasteiger partial charge in [0, 0.05) is 48.4 Å². The van der Waals surface area contributed by atoms with Gasteiger partial charge in [-0.3, -0.25) is 4.40 Å². The molecule has 1 saturated carbocycles. The van der Waals surface area contributed by atoms with Crippen molar-refractivity contribution in [2.24, 2.45) is 5.92 Å². The Labute approximate surface area is 211 Å². The Morgan fingerprint density at radius 3 is 2.56 bits per heavy atom. The van der Waals surface area contributed by atoms with Crippen molar-refractivity contribution in [3.05, 3.63) is 78.9 Å². The number of nitrogens with one attached hydrogen (secondary N) is 1. The molecule has 5 aromatic rings. The van der Waals surface area contributed by atoms with E-state index in [1.54, 1.807) is 0 Å². The van der Waals surface area contributed by atoms with E-state index in [0.717, 1.165) is 56.5 Å². The van der Waals surface area contributed by atoms with Gasteiger partial charge in [0.05, 0.1) is 11.2 Å². The van der Waals surface area contributed by atoms with E-state index in [1.165, 1.54) is 38.9 Å². The molecule has 180 valence electrons. The first-order chi connectivity index (χ1) is 17.8. The Morgan fingerprint density at radius 1 is 0.944 bits per heavy atom. The van der Waals surface area contributed by atoms with Gasteiger partial charge >= 0.3 is 0 Å². The number of rotatable bonds is 6. The second-order valence-electron chi connectivity index (χ2n) is 10.2. The van der Waals surface area contributed by atoms with Gasteiger partial charge in [-0.25, -0.2) is 15.0 Å². The third kappa shape index (κ3) is 3.64. The van der Waals surface area contributed by atoms with Gasteiger partial charge in [-0.15, -0.1) is 0 Å². The third-order valence-corrected chi connectivity index (χ3v) is 7.92. The number of imidazole rings is 1. The van der Waals surface area contributed by atoms with Gasteiger partial charge in [0.1, 0.15) is 17.0 Å². The van der Waals surface area contributed by atoms with Crippen molar-refractivity contribution >= 4 is 22.2 Å². The predicted octanol–water partition coefficient (Wildman–Crippen LogP) is 5.85. The highest BCUT2D eigenvalue weighted by atomic mass is 15.2. The number of nitrogens with zero attached hydrogens (tertiary/aromatic N) is 5. The Balaban J connectivity index is 1.29. The van der Waals surface area contributed by atoms with Crippen LogP contribution >= 0.6 is 0 Å². The number of hydrogen-bond donors (Lipinski definition) is 1. The molecule has 4 heterocycles. The lowest BCUT2D eigenvalue weighted by Crippen LogP contribution is -2.43. The van der Waals surface area contributed by atoms with E-state index >= 15 is 0 Å². The zero-order chi connectivity index (χ0) is 24.1. The number of benzene rings is 2. The first-order valence-electron chi connectivity index (χ1n) is 13.0. The maximum Gasteiger partial charge on any atom is 0.152 e. The summed E-state index contributed by atoms with van der Waals surface area (Å²) in [5.41, 5.74) is 6.17. The third-order valence-electron chi connectivity index (χ3n) is 7.92. The fourth-order valence-corrected chi connectivity index (χ4v) is 5.79. The van der Waals surface area contributed by atoms with Gasteiger partial charge in [0.15, 0.2) is 5.82 Å². The second kappa shape index (κ2) is 8.71. The normalized spacial score (nSPS) is 19.8. The average Bonchev–Trinajstić information content (AvgIpc) is 3.26. The summed E-state index contributed by atoms with van der Waals surface area (Å²) in [7, 11) is 1.93. The van der Waals surface area contributed by atoms with Gasteiger partial charge in [0.2, 0.25) is 0 Å². The minimum Gasteiger partial charge on any atom is -0.371 e. The zero-order valence-corrected chi connectivity index (χ0v) is 20.6. The maximum atomic E-state index is 5.27. The van der Waals surface area contributed by atoms with Crippen LogP contribution in [0.25, 0.3) is 38.9 Å². The highest BCUT2D eigenvalue weighted by Gasteiger charge is 2.36. The van der Waals surface area contributed by atoms with Crippen molar-refractivity contribution in [2.75, 3.05) is 32.0 Å². The molecular formula is C30H30N6. The van der Waals surface area contributed by atoms with E-state index in [0.29, 0.717) is 5.92 Å². The molecular weight excluding hydrogens is 444 g/mol. The van der Waals surface area contributed by atoms with Crippen molar-refractivity contribution < 1.29 is 0 Å². The monoisotopic (exact) mass is 474 g/mol. The molecule has 3 aromatic heterocycles. The molecule has 0 radical (unpaired) electrons. The highest BCUT2D eigenvalue weighted by Crippen LogP contribution is 2.44. The fraction of sp³-hybridized carbons (Fsp3) is 0.300. The SMILES string of the molecule is CNc1nccn2c(C3CC(CN4CCC4)C3)nc(-c3ccc4ccc(-c5ccccc5)nc4c3)c12. The molecule has 0 spiro atoms. The minimum atomic E-state index is 0.493. The van der Waals surface area contributed by atoms with E-state index in [4.69, 9.17) is 9.97 Å². The Kier molecular flexibility index (Phi) is 5.21. The van der Waals surface area contributed by atoms with Crippen LogP contribution in [0.15, 0.2) is 73.1 Å². The molecule has 7 rings (SSSR count). The number of aromatic nitrogens is 4. The van der Waals surface area contributed by atoms with Gasteiger partial charge in [-0.05, 0) is 50.4 Å². The summed E-state index contributed by atoms with van der Waals surface area (Å²) in [4.78, 5) is 17.5. The van der Waals surface area contributed by atoms with E-state index < -0.39 is 0 Å². The summed E-state index contributed by atoms with van der Waals surface area (Å²) >= 11 is 0. The van der Waals surface area contributed by atoms with Crippen LogP contribution in [0.4, 0.5) is 5.82 Å². The zero-order valence-electron chi connectivity index (χ0n) is 20.6. The highest BCUT2D eigenvalue weighted by molar-refractivity contribution is 5.91. The van der Waals surface area contributed by atoms with E-state index in [-0.39, 0.29) is 0 Å². The van der Waals surface area contributed by atoms with E-state index in [1.807, 2.05) is 19.3 Å². The van der Waals surface area contributed by atoms with Crippen LogP contribution in [0.2, 0.25) is 0 Å². The molecule has 36 heavy (non-hydrogen) atoms.